The van der Waals surface area contributed by atoms with Crippen LogP contribution in [0.15, 0.2) is 48.5 Å². The van der Waals surface area contributed by atoms with Gasteiger partial charge in [0.2, 0.25) is 0 Å². The third-order valence-corrected chi connectivity index (χ3v) is 4.34. The molecule has 1 aliphatic heterocycles. The number of β-amino-alcohol motifs (C(OH)–C–C–N with tert-alkyl or cyclic N) is 1. The first-order valence-electron chi connectivity index (χ1n) is 8.19. The Bertz CT molecular complexity index is 637. The first-order chi connectivity index (χ1) is 11.6. The predicted molar refractivity (Wildman–Crippen MR) is 87.8 cm³/mol. The lowest BCUT2D eigenvalue weighted by Gasteiger charge is -2.33. The molecule has 1 N–H and O–H groups in total. The van der Waals surface area contributed by atoms with E-state index in [2.05, 4.69) is 0 Å². The summed E-state index contributed by atoms with van der Waals surface area (Å²) in [7, 11) is 0. The van der Waals surface area contributed by atoms with Gasteiger partial charge in [0.05, 0.1) is 11.7 Å². The van der Waals surface area contributed by atoms with Crippen molar-refractivity contribution in [1.29, 1.82) is 0 Å². The number of nitrogens with zero attached hydrogens (tertiary/aromatic N) is 1. The number of piperidine rings is 1. The fourth-order valence-electron chi connectivity index (χ4n) is 3.07. The summed E-state index contributed by atoms with van der Waals surface area (Å²) in [5, 5.41) is 10.2. The summed E-state index contributed by atoms with van der Waals surface area (Å²) in [4.78, 5) is 2.02. The Kier molecular flexibility index (Phi) is 5.43. The predicted octanol–water partition coefficient (Wildman–Crippen LogP) is 3.54. The van der Waals surface area contributed by atoms with Crippen LogP contribution in [0.5, 0.6) is 5.75 Å². The van der Waals surface area contributed by atoms with Gasteiger partial charge in [-0.2, -0.15) is 0 Å². The molecule has 0 saturated carbocycles. The SMILES string of the molecule is OC(CN1CCC(Oc2ccccc2)CC1)c1c(F)cccc1F. The van der Waals surface area contributed by atoms with Gasteiger partial charge in [0.15, 0.2) is 0 Å². The lowest BCUT2D eigenvalue weighted by Crippen LogP contribution is -2.40. The molecule has 3 nitrogen and oxygen atoms in total. The summed E-state index contributed by atoms with van der Waals surface area (Å²) in [6.45, 7) is 1.67. The van der Waals surface area contributed by atoms with E-state index in [4.69, 9.17) is 4.74 Å². The quantitative estimate of drug-likeness (QED) is 0.908. The zero-order valence-corrected chi connectivity index (χ0v) is 13.4. The number of hydrogen-bond acceptors (Lipinski definition) is 3. The Labute approximate surface area is 140 Å². The minimum atomic E-state index is -1.17. The van der Waals surface area contributed by atoms with Crippen molar-refractivity contribution in [3.05, 3.63) is 65.7 Å². The van der Waals surface area contributed by atoms with Gasteiger partial charge in [0.25, 0.3) is 0 Å². The molecule has 1 unspecified atom stereocenters. The van der Waals surface area contributed by atoms with E-state index in [1.165, 1.54) is 18.2 Å². The van der Waals surface area contributed by atoms with Gasteiger partial charge >= 0.3 is 0 Å². The van der Waals surface area contributed by atoms with Crippen molar-refractivity contribution in [1.82, 2.24) is 4.90 Å². The molecule has 0 radical (unpaired) electrons. The Morgan fingerprint density at radius 2 is 1.62 bits per heavy atom. The number of hydrogen-bond donors (Lipinski definition) is 1. The van der Waals surface area contributed by atoms with Crippen LogP contribution in [0, 0.1) is 11.6 Å². The fraction of sp³-hybridized carbons (Fsp3) is 0.368. The average molecular weight is 333 g/mol. The summed E-state index contributed by atoms with van der Waals surface area (Å²) >= 11 is 0. The minimum absolute atomic E-state index is 0.131. The maximum Gasteiger partial charge on any atom is 0.131 e. The molecule has 1 fully saturated rings. The zero-order valence-electron chi connectivity index (χ0n) is 13.4. The number of halogens is 2. The van der Waals surface area contributed by atoms with Crippen molar-refractivity contribution < 1.29 is 18.6 Å². The molecule has 0 aromatic heterocycles. The Morgan fingerprint density at radius 1 is 1.00 bits per heavy atom. The standard InChI is InChI=1S/C19H21F2NO2/c20-16-7-4-8-17(21)19(16)18(23)13-22-11-9-15(10-12-22)24-14-5-2-1-3-6-14/h1-8,15,18,23H,9-13H2. The van der Waals surface area contributed by atoms with E-state index in [0.29, 0.717) is 0 Å². The van der Waals surface area contributed by atoms with E-state index in [-0.39, 0.29) is 18.2 Å². The Balaban J connectivity index is 1.52. The molecular weight excluding hydrogens is 312 g/mol. The first-order valence-corrected chi connectivity index (χ1v) is 8.19. The van der Waals surface area contributed by atoms with Crippen LogP contribution in [0.25, 0.3) is 0 Å². The molecule has 0 bridgehead atoms. The molecule has 1 atom stereocenters. The smallest absolute Gasteiger partial charge is 0.131 e. The molecule has 2 aromatic rings. The maximum absolute atomic E-state index is 13.7. The molecule has 128 valence electrons. The molecule has 0 spiro atoms. The van der Waals surface area contributed by atoms with Gasteiger partial charge < -0.3 is 14.7 Å². The van der Waals surface area contributed by atoms with Gasteiger partial charge in [0, 0.05) is 19.6 Å². The van der Waals surface area contributed by atoms with Crippen molar-refractivity contribution in [3.63, 3.8) is 0 Å². The third-order valence-electron chi connectivity index (χ3n) is 4.34. The highest BCUT2D eigenvalue weighted by molar-refractivity contribution is 5.23. The highest BCUT2D eigenvalue weighted by Crippen LogP contribution is 2.24. The topological polar surface area (TPSA) is 32.7 Å². The number of aliphatic hydroxyl groups excluding tert-OH is 1. The number of para-hydroxylation sites is 1. The highest BCUT2D eigenvalue weighted by atomic mass is 19.1. The van der Waals surface area contributed by atoms with E-state index < -0.39 is 17.7 Å². The summed E-state index contributed by atoms with van der Waals surface area (Å²) < 4.78 is 33.4. The molecular formula is C19H21F2NO2. The normalized spacial score (nSPS) is 17.6. The molecule has 1 saturated heterocycles. The number of ether oxygens (including phenoxy) is 1. The lowest BCUT2D eigenvalue weighted by molar-refractivity contribution is 0.0583. The Morgan fingerprint density at radius 3 is 2.25 bits per heavy atom. The van der Waals surface area contributed by atoms with Crippen LogP contribution >= 0.6 is 0 Å². The van der Waals surface area contributed by atoms with Crippen LogP contribution < -0.4 is 4.74 Å². The first kappa shape index (κ1) is 16.9. The van der Waals surface area contributed by atoms with Gasteiger partial charge in [-0.1, -0.05) is 24.3 Å². The van der Waals surface area contributed by atoms with E-state index in [0.717, 1.165) is 31.7 Å². The number of likely N-dealkylation sites (tertiary alicyclic amines) is 1. The number of benzene rings is 2. The zero-order chi connectivity index (χ0) is 16.9. The molecule has 1 aliphatic rings. The van der Waals surface area contributed by atoms with Crippen LogP contribution in [0.2, 0.25) is 0 Å². The summed E-state index contributed by atoms with van der Waals surface area (Å²) in [6.07, 6.45) is 0.603. The van der Waals surface area contributed by atoms with Crippen molar-refractivity contribution >= 4 is 0 Å². The second kappa shape index (κ2) is 7.73. The number of aliphatic hydroxyl groups is 1. The van der Waals surface area contributed by atoms with Crippen LogP contribution in [-0.2, 0) is 0 Å². The highest BCUT2D eigenvalue weighted by Gasteiger charge is 2.25. The largest absolute Gasteiger partial charge is 0.490 e. The van der Waals surface area contributed by atoms with E-state index in [9.17, 15) is 13.9 Å². The van der Waals surface area contributed by atoms with Crippen LogP contribution in [0.3, 0.4) is 0 Å². The van der Waals surface area contributed by atoms with Crippen molar-refractivity contribution in [3.8, 4) is 5.75 Å². The lowest BCUT2D eigenvalue weighted by atomic mass is 10.0. The van der Waals surface area contributed by atoms with Crippen molar-refractivity contribution in [2.75, 3.05) is 19.6 Å². The van der Waals surface area contributed by atoms with Crippen LogP contribution in [0.4, 0.5) is 8.78 Å². The van der Waals surface area contributed by atoms with Crippen LogP contribution in [-0.4, -0.2) is 35.7 Å². The second-order valence-corrected chi connectivity index (χ2v) is 6.08. The maximum atomic E-state index is 13.7. The van der Waals surface area contributed by atoms with E-state index >= 15 is 0 Å². The average Bonchev–Trinajstić information content (AvgIpc) is 2.57. The third kappa shape index (κ3) is 4.10. The molecule has 2 aromatic carbocycles. The van der Waals surface area contributed by atoms with Crippen LogP contribution in [0.1, 0.15) is 24.5 Å². The molecule has 0 aliphatic carbocycles. The molecule has 0 amide bonds. The minimum Gasteiger partial charge on any atom is -0.490 e. The van der Waals surface area contributed by atoms with Gasteiger partial charge in [-0.05, 0) is 37.1 Å². The molecule has 3 rings (SSSR count). The second-order valence-electron chi connectivity index (χ2n) is 6.08. The molecule has 5 heteroatoms. The molecule has 24 heavy (non-hydrogen) atoms. The number of rotatable bonds is 5. The fourth-order valence-corrected chi connectivity index (χ4v) is 3.07. The molecule has 1 heterocycles. The van der Waals surface area contributed by atoms with Gasteiger partial charge in [-0.15, -0.1) is 0 Å². The summed E-state index contributed by atoms with van der Waals surface area (Å²) in [5.74, 6) is -0.556. The van der Waals surface area contributed by atoms with Gasteiger partial charge in [-0.25, -0.2) is 8.78 Å². The van der Waals surface area contributed by atoms with Gasteiger partial charge in [0.1, 0.15) is 23.5 Å². The van der Waals surface area contributed by atoms with E-state index in [1.807, 2.05) is 35.2 Å². The monoisotopic (exact) mass is 333 g/mol. The van der Waals surface area contributed by atoms with E-state index in [1.54, 1.807) is 0 Å². The van der Waals surface area contributed by atoms with Gasteiger partial charge in [-0.3, -0.25) is 0 Å². The summed E-state index contributed by atoms with van der Waals surface area (Å²) in [6, 6.07) is 13.3. The van der Waals surface area contributed by atoms with Crippen molar-refractivity contribution in [2.45, 2.75) is 25.0 Å². The summed E-state index contributed by atoms with van der Waals surface area (Å²) in [5.41, 5.74) is -0.250. The van der Waals surface area contributed by atoms with Crippen molar-refractivity contribution in [2.24, 2.45) is 0 Å². The Hall–Kier alpha value is -1.98.